The molecule has 0 aliphatic carbocycles. The Morgan fingerprint density at radius 3 is 2.67 bits per heavy atom. The van der Waals surface area contributed by atoms with Crippen LogP contribution in [0.2, 0.25) is 0 Å². The van der Waals surface area contributed by atoms with Gasteiger partial charge in [-0.15, -0.1) is 11.8 Å². The van der Waals surface area contributed by atoms with Gasteiger partial charge in [-0.3, -0.25) is 0 Å². The fourth-order valence-corrected chi connectivity index (χ4v) is 2.85. The maximum absolute atomic E-state index is 14.2. The van der Waals surface area contributed by atoms with Gasteiger partial charge in [-0.25, -0.2) is 8.78 Å². The number of hydrogen-bond acceptors (Lipinski definition) is 3. The van der Waals surface area contributed by atoms with E-state index < -0.39 is 11.6 Å². The largest absolute Gasteiger partial charge is 0.453 e. The third-order valence-corrected chi connectivity index (χ3v) is 3.92. The number of ether oxygens (including phenoxy) is 1. The summed E-state index contributed by atoms with van der Waals surface area (Å²) in [6, 6.07) is 7.16. The highest BCUT2D eigenvalue weighted by Gasteiger charge is 2.16. The molecular formula is C15H12F2N2OS. The Morgan fingerprint density at radius 1 is 1.14 bits per heavy atom. The first-order valence-electron chi connectivity index (χ1n) is 6.16. The van der Waals surface area contributed by atoms with E-state index in [1.165, 1.54) is 36.0 Å². The van der Waals surface area contributed by atoms with Gasteiger partial charge in [0.25, 0.3) is 0 Å². The minimum Gasteiger partial charge on any atom is -0.453 e. The van der Waals surface area contributed by atoms with Gasteiger partial charge in [0, 0.05) is 29.2 Å². The van der Waals surface area contributed by atoms with Crippen LogP contribution in [0.25, 0.3) is 10.9 Å². The normalized spacial score (nSPS) is 11.0. The van der Waals surface area contributed by atoms with Crippen molar-refractivity contribution in [2.45, 2.75) is 4.90 Å². The number of hydrogen-bond donors (Lipinski definition) is 2. The Labute approximate surface area is 124 Å². The molecule has 0 radical (unpaired) electrons. The van der Waals surface area contributed by atoms with Crippen molar-refractivity contribution in [2.75, 3.05) is 12.0 Å². The number of anilines is 1. The van der Waals surface area contributed by atoms with Crippen molar-refractivity contribution in [3.8, 4) is 11.5 Å². The molecule has 0 spiro atoms. The lowest BCUT2D eigenvalue weighted by Crippen LogP contribution is -1.95. The van der Waals surface area contributed by atoms with Crippen molar-refractivity contribution in [1.29, 1.82) is 0 Å². The molecule has 0 saturated heterocycles. The topological polar surface area (TPSA) is 51.0 Å². The van der Waals surface area contributed by atoms with E-state index in [1.54, 1.807) is 6.20 Å². The number of H-pyrrole nitrogens is 1. The Hall–Kier alpha value is -2.21. The Balaban J connectivity index is 2.10. The summed E-state index contributed by atoms with van der Waals surface area (Å²) in [5.74, 6) is -0.621. The fourth-order valence-electron chi connectivity index (χ4n) is 2.12. The van der Waals surface area contributed by atoms with Crippen LogP contribution < -0.4 is 10.5 Å². The first-order valence-corrected chi connectivity index (χ1v) is 7.39. The maximum Gasteiger partial charge on any atom is 0.177 e. The second kappa shape index (κ2) is 5.29. The molecule has 0 aliphatic rings. The van der Waals surface area contributed by atoms with Crippen LogP contribution >= 0.6 is 11.8 Å². The Kier molecular flexibility index (Phi) is 3.47. The molecule has 108 valence electrons. The summed E-state index contributed by atoms with van der Waals surface area (Å²) in [5, 5.41) is 0.869. The number of fused-ring (bicyclic) bond motifs is 1. The van der Waals surface area contributed by atoms with E-state index in [2.05, 4.69) is 4.98 Å². The number of thioether (sulfide) groups is 1. The van der Waals surface area contributed by atoms with Crippen molar-refractivity contribution >= 4 is 28.4 Å². The zero-order chi connectivity index (χ0) is 15.0. The van der Waals surface area contributed by atoms with Crippen LogP contribution in [0, 0.1) is 11.6 Å². The van der Waals surface area contributed by atoms with E-state index in [4.69, 9.17) is 10.5 Å². The predicted molar refractivity (Wildman–Crippen MR) is 80.9 cm³/mol. The van der Waals surface area contributed by atoms with Gasteiger partial charge in [-0.1, -0.05) is 0 Å². The van der Waals surface area contributed by atoms with Crippen molar-refractivity contribution in [1.82, 2.24) is 4.98 Å². The van der Waals surface area contributed by atoms with E-state index in [9.17, 15) is 8.78 Å². The molecule has 0 unspecified atom stereocenters. The van der Waals surface area contributed by atoms with Crippen LogP contribution in [0.4, 0.5) is 14.5 Å². The Bertz CT molecular complexity index is 817. The molecule has 0 aliphatic heterocycles. The second-order valence-corrected chi connectivity index (χ2v) is 5.26. The first kappa shape index (κ1) is 13.8. The van der Waals surface area contributed by atoms with Crippen molar-refractivity contribution in [3.63, 3.8) is 0 Å². The highest BCUT2D eigenvalue weighted by atomic mass is 32.2. The monoisotopic (exact) mass is 306 g/mol. The van der Waals surface area contributed by atoms with Gasteiger partial charge in [0.05, 0.1) is 10.6 Å². The van der Waals surface area contributed by atoms with Crippen LogP contribution in [0.5, 0.6) is 11.5 Å². The first-order chi connectivity index (χ1) is 10.1. The maximum atomic E-state index is 14.2. The third-order valence-electron chi connectivity index (χ3n) is 3.11. The molecule has 6 heteroatoms. The molecular weight excluding hydrogens is 294 g/mol. The van der Waals surface area contributed by atoms with Crippen LogP contribution in [0.1, 0.15) is 0 Å². The molecule has 3 aromatic rings. The summed E-state index contributed by atoms with van der Waals surface area (Å²) < 4.78 is 33.0. The lowest BCUT2D eigenvalue weighted by atomic mass is 10.2. The summed E-state index contributed by atoms with van der Waals surface area (Å²) in [6.07, 6.45) is 3.58. The number of nitrogens with two attached hydrogens (primary N) is 1. The standard InChI is InChI=1S/C15H12F2N2OS/c1-21-15-9-4-5-19-13(9)7-11(17)14(15)20-8-2-3-10(16)12(18)6-8/h2-7,19H,18H2,1H3. The van der Waals surface area contributed by atoms with Gasteiger partial charge in [-0.2, -0.15) is 0 Å². The number of nitrogens with one attached hydrogen (secondary N) is 1. The van der Waals surface area contributed by atoms with Gasteiger partial charge in [-0.05, 0) is 24.5 Å². The minimum absolute atomic E-state index is 0.0404. The zero-order valence-electron chi connectivity index (χ0n) is 11.1. The van der Waals surface area contributed by atoms with E-state index in [0.717, 1.165) is 5.39 Å². The molecule has 0 atom stereocenters. The molecule has 0 saturated carbocycles. The van der Waals surface area contributed by atoms with Gasteiger partial charge in [0.15, 0.2) is 11.6 Å². The Morgan fingerprint density at radius 2 is 1.95 bits per heavy atom. The molecule has 1 aromatic heterocycles. The zero-order valence-corrected chi connectivity index (χ0v) is 11.9. The molecule has 0 bridgehead atoms. The molecule has 1 heterocycles. The second-order valence-electron chi connectivity index (χ2n) is 4.45. The fraction of sp³-hybridized carbons (Fsp3) is 0.0667. The summed E-state index contributed by atoms with van der Waals surface area (Å²) in [6.45, 7) is 0. The van der Waals surface area contributed by atoms with Crippen LogP contribution in [0.3, 0.4) is 0 Å². The van der Waals surface area contributed by atoms with Crippen molar-refractivity contribution in [2.24, 2.45) is 0 Å². The summed E-state index contributed by atoms with van der Waals surface area (Å²) in [4.78, 5) is 3.64. The summed E-state index contributed by atoms with van der Waals surface area (Å²) in [5.41, 5.74) is 6.15. The van der Waals surface area contributed by atoms with Gasteiger partial charge in [0.1, 0.15) is 11.6 Å². The van der Waals surface area contributed by atoms with Crippen molar-refractivity contribution < 1.29 is 13.5 Å². The molecule has 0 fully saturated rings. The minimum atomic E-state index is -0.533. The van der Waals surface area contributed by atoms with Crippen LogP contribution in [-0.4, -0.2) is 11.2 Å². The highest BCUT2D eigenvalue weighted by molar-refractivity contribution is 7.99. The predicted octanol–water partition coefficient (Wildman–Crippen LogP) is 4.54. The number of aromatic amines is 1. The number of nitrogen functional groups attached to an aromatic ring is 1. The summed E-state index contributed by atoms with van der Waals surface area (Å²) in [7, 11) is 0. The number of aromatic nitrogens is 1. The molecule has 21 heavy (non-hydrogen) atoms. The molecule has 3 nitrogen and oxygen atoms in total. The van der Waals surface area contributed by atoms with E-state index >= 15 is 0 Å². The summed E-state index contributed by atoms with van der Waals surface area (Å²) >= 11 is 1.38. The lowest BCUT2D eigenvalue weighted by Gasteiger charge is -2.12. The molecule has 3 rings (SSSR count). The SMILES string of the molecule is CSc1c(Oc2ccc(F)c(N)c2)c(F)cc2[nH]ccc12. The van der Waals surface area contributed by atoms with E-state index in [0.29, 0.717) is 10.4 Å². The van der Waals surface area contributed by atoms with E-state index in [-0.39, 0.29) is 17.2 Å². The highest BCUT2D eigenvalue weighted by Crippen LogP contribution is 2.40. The van der Waals surface area contributed by atoms with Crippen LogP contribution in [0.15, 0.2) is 41.4 Å². The van der Waals surface area contributed by atoms with Gasteiger partial charge in [0.2, 0.25) is 0 Å². The number of halogens is 2. The van der Waals surface area contributed by atoms with Crippen LogP contribution in [-0.2, 0) is 0 Å². The third kappa shape index (κ3) is 2.42. The molecule has 3 N–H and O–H groups in total. The average Bonchev–Trinajstić information content (AvgIpc) is 2.91. The smallest absolute Gasteiger partial charge is 0.177 e. The van der Waals surface area contributed by atoms with Crippen molar-refractivity contribution in [3.05, 3.63) is 48.2 Å². The molecule has 2 aromatic carbocycles. The molecule has 0 amide bonds. The van der Waals surface area contributed by atoms with E-state index in [1.807, 2.05) is 12.3 Å². The average molecular weight is 306 g/mol. The number of benzene rings is 2. The van der Waals surface area contributed by atoms with Gasteiger partial charge >= 0.3 is 0 Å². The quantitative estimate of drug-likeness (QED) is 0.551. The van der Waals surface area contributed by atoms with Gasteiger partial charge < -0.3 is 15.5 Å². The number of rotatable bonds is 3. The lowest BCUT2D eigenvalue weighted by molar-refractivity contribution is 0.432.